The summed E-state index contributed by atoms with van der Waals surface area (Å²) in [5, 5.41) is 8.55. The molecule has 0 aliphatic rings. The van der Waals surface area contributed by atoms with Gasteiger partial charge >= 0.3 is 11.9 Å². The summed E-state index contributed by atoms with van der Waals surface area (Å²) in [6.07, 6.45) is 2.21. The topological polar surface area (TPSA) is 63.6 Å². The van der Waals surface area contributed by atoms with Gasteiger partial charge < -0.3 is 9.84 Å². The van der Waals surface area contributed by atoms with E-state index in [0.717, 1.165) is 24.8 Å². The first-order valence-corrected chi connectivity index (χ1v) is 6.59. The average Bonchev–Trinajstić information content (AvgIpc) is 2.42. The van der Waals surface area contributed by atoms with Crippen molar-refractivity contribution in [1.29, 1.82) is 0 Å². The molecule has 0 saturated carbocycles. The fourth-order valence-corrected chi connectivity index (χ4v) is 1.78. The standard InChI is InChI=1S/C15H20O4/c1-2-3-9-13(12-7-5-4-6-8-12)19-15(18)11-10-14(16)17/h4-8,13H,2-3,9-11H2,1H3,(H,16,17). The zero-order valence-electron chi connectivity index (χ0n) is 11.2. The van der Waals surface area contributed by atoms with Crippen LogP contribution < -0.4 is 0 Å². The highest BCUT2D eigenvalue weighted by Gasteiger charge is 2.16. The minimum atomic E-state index is -0.984. The van der Waals surface area contributed by atoms with Gasteiger partial charge in [-0.25, -0.2) is 0 Å². The van der Waals surface area contributed by atoms with Crippen LogP contribution in [-0.2, 0) is 14.3 Å². The highest BCUT2D eigenvalue weighted by molar-refractivity contribution is 5.76. The molecule has 0 saturated heterocycles. The summed E-state index contributed by atoms with van der Waals surface area (Å²) < 4.78 is 5.39. The van der Waals surface area contributed by atoms with E-state index >= 15 is 0 Å². The molecule has 1 atom stereocenters. The van der Waals surface area contributed by atoms with Crippen LogP contribution in [0.4, 0.5) is 0 Å². The molecule has 1 unspecified atom stereocenters. The Bertz CT molecular complexity index is 400. The van der Waals surface area contributed by atoms with Crippen molar-refractivity contribution in [3.05, 3.63) is 35.9 Å². The van der Waals surface area contributed by atoms with Gasteiger partial charge in [0.15, 0.2) is 0 Å². The van der Waals surface area contributed by atoms with Gasteiger partial charge in [-0.05, 0) is 18.4 Å². The van der Waals surface area contributed by atoms with E-state index < -0.39 is 11.9 Å². The minimum Gasteiger partial charge on any atom is -0.481 e. The van der Waals surface area contributed by atoms with Gasteiger partial charge in [-0.15, -0.1) is 0 Å². The molecule has 1 aromatic carbocycles. The first kappa shape index (κ1) is 15.2. The fourth-order valence-electron chi connectivity index (χ4n) is 1.78. The zero-order chi connectivity index (χ0) is 14.1. The molecule has 0 fully saturated rings. The largest absolute Gasteiger partial charge is 0.481 e. The number of carboxylic acid groups (broad SMARTS) is 1. The van der Waals surface area contributed by atoms with Gasteiger partial charge in [0.2, 0.25) is 0 Å². The van der Waals surface area contributed by atoms with E-state index in [1.165, 1.54) is 0 Å². The molecule has 0 spiro atoms. The van der Waals surface area contributed by atoms with Gasteiger partial charge in [-0.1, -0.05) is 43.7 Å². The van der Waals surface area contributed by atoms with Gasteiger partial charge in [-0.3, -0.25) is 9.59 Å². The summed E-state index contributed by atoms with van der Waals surface area (Å²) in [6, 6.07) is 9.56. The molecule has 1 rings (SSSR count). The molecule has 0 amide bonds. The van der Waals surface area contributed by atoms with E-state index in [4.69, 9.17) is 9.84 Å². The number of carboxylic acids is 1. The van der Waals surface area contributed by atoms with Gasteiger partial charge in [-0.2, -0.15) is 0 Å². The summed E-state index contributed by atoms with van der Waals surface area (Å²) in [7, 11) is 0. The van der Waals surface area contributed by atoms with Crippen molar-refractivity contribution in [2.75, 3.05) is 0 Å². The number of ether oxygens (including phenoxy) is 1. The lowest BCUT2D eigenvalue weighted by atomic mass is 10.0. The number of carbonyl (C=O) groups excluding carboxylic acids is 1. The van der Waals surface area contributed by atoms with Crippen LogP contribution in [0.15, 0.2) is 30.3 Å². The lowest BCUT2D eigenvalue weighted by Gasteiger charge is -2.18. The van der Waals surface area contributed by atoms with E-state index in [1.807, 2.05) is 30.3 Å². The van der Waals surface area contributed by atoms with E-state index in [0.29, 0.717) is 0 Å². The first-order chi connectivity index (χ1) is 9.13. The molecule has 0 bridgehead atoms. The second-order valence-electron chi connectivity index (χ2n) is 4.43. The molecule has 0 aromatic heterocycles. The van der Waals surface area contributed by atoms with E-state index in [2.05, 4.69) is 6.92 Å². The van der Waals surface area contributed by atoms with Crippen LogP contribution in [0.25, 0.3) is 0 Å². The molecule has 4 heteroatoms. The van der Waals surface area contributed by atoms with Crippen LogP contribution >= 0.6 is 0 Å². The molecule has 1 N–H and O–H groups in total. The van der Waals surface area contributed by atoms with Crippen molar-refractivity contribution in [3.8, 4) is 0 Å². The molecule has 0 aliphatic carbocycles. The lowest BCUT2D eigenvalue weighted by molar-refractivity contribution is -0.152. The normalized spacial score (nSPS) is 11.8. The third-order valence-corrected chi connectivity index (χ3v) is 2.81. The molecule has 1 aromatic rings. The summed E-state index contributed by atoms with van der Waals surface area (Å²) in [5.41, 5.74) is 0.958. The highest BCUT2D eigenvalue weighted by Crippen LogP contribution is 2.24. The van der Waals surface area contributed by atoms with Gasteiger partial charge in [0.1, 0.15) is 6.10 Å². The molecule has 0 radical (unpaired) electrons. The van der Waals surface area contributed by atoms with E-state index in [-0.39, 0.29) is 18.9 Å². The summed E-state index contributed by atoms with van der Waals surface area (Å²) in [6.45, 7) is 2.08. The number of aliphatic carboxylic acids is 1. The summed E-state index contributed by atoms with van der Waals surface area (Å²) >= 11 is 0. The Balaban J connectivity index is 2.59. The number of esters is 1. The fraction of sp³-hybridized carbons (Fsp3) is 0.467. The van der Waals surface area contributed by atoms with E-state index in [1.54, 1.807) is 0 Å². The number of benzene rings is 1. The van der Waals surface area contributed by atoms with E-state index in [9.17, 15) is 9.59 Å². The Kier molecular flexibility index (Phi) is 6.64. The van der Waals surface area contributed by atoms with Crippen LogP contribution in [-0.4, -0.2) is 17.0 Å². The van der Waals surface area contributed by atoms with Crippen LogP contribution in [0.3, 0.4) is 0 Å². The molecule has 19 heavy (non-hydrogen) atoms. The average molecular weight is 264 g/mol. The molecule has 4 nitrogen and oxygen atoms in total. The monoisotopic (exact) mass is 264 g/mol. The number of hydrogen-bond acceptors (Lipinski definition) is 3. The molecule has 0 heterocycles. The second kappa shape index (κ2) is 8.29. The minimum absolute atomic E-state index is 0.0786. The second-order valence-corrected chi connectivity index (χ2v) is 4.43. The smallest absolute Gasteiger partial charge is 0.306 e. The number of carbonyl (C=O) groups is 2. The van der Waals surface area contributed by atoms with Crippen LogP contribution in [0.2, 0.25) is 0 Å². The van der Waals surface area contributed by atoms with Crippen molar-refractivity contribution in [2.24, 2.45) is 0 Å². The van der Waals surface area contributed by atoms with Crippen molar-refractivity contribution < 1.29 is 19.4 Å². The summed E-state index contributed by atoms with van der Waals surface area (Å²) in [5.74, 6) is -1.44. The van der Waals surface area contributed by atoms with Crippen molar-refractivity contribution in [2.45, 2.75) is 45.1 Å². The van der Waals surface area contributed by atoms with Gasteiger partial charge in [0.05, 0.1) is 12.8 Å². The van der Waals surface area contributed by atoms with Crippen LogP contribution in [0.1, 0.15) is 50.7 Å². The maximum absolute atomic E-state index is 11.6. The molecule has 0 aliphatic heterocycles. The van der Waals surface area contributed by atoms with Crippen LogP contribution in [0, 0.1) is 0 Å². The third kappa shape index (κ3) is 6.04. The number of unbranched alkanes of at least 4 members (excludes halogenated alkanes) is 1. The summed E-state index contributed by atoms with van der Waals surface area (Å²) in [4.78, 5) is 22.0. The number of hydrogen-bond donors (Lipinski definition) is 1. The SMILES string of the molecule is CCCCC(OC(=O)CCC(=O)O)c1ccccc1. The van der Waals surface area contributed by atoms with Crippen molar-refractivity contribution in [3.63, 3.8) is 0 Å². The molecule has 104 valence electrons. The van der Waals surface area contributed by atoms with Crippen molar-refractivity contribution >= 4 is 11.9 Å². The molecular formula is C15H20O4. The zero-order valence-corrected chi connectivity index (χ0v) is 11.2. The predicted octanol–water partition coefficient (Wildman–Crippen LogP) is 3.33. The maximum atomic E-state index is 11.6. The van der Waals surface area contributed by atoms with Crippen LogP contribution in [0.5, 0.6) is 0 Å². The Morgan fingerprint density at radius 2 is 1.89 bits per heavy atom. The number of rotatable bonds is 8. The highest BCUT2D eigenvalue weighted by atomic mass is 16.5. The Hall–Kier alpha value is -1.84. The lowest BCUT2D eigenvalue weighted by Crippen LogP contribution is -2.13. The first-order valence-electron chi connectivity index (χ1n) is 6.59. The Morgan fingerprint density at radius 3 is 2.47 bits per heavy atom. The predicted molar refractivity (Wildman–Crippen MR) is 71.7 cm³/mol. The Labute approximate surface area is 113 Å². The quantitative estimate of drug-likeness (QED) is 0.731. The Morgan fingerprint density at radius 1 is 1.21 bits per heavy atom. The maximum Gasteiger partial charge on any atom is 0.306 e. The third-order valence-electron chi connectivity index (χ3n) is 2.81. The van der Waals surface area contributed by atoms with Gasteiger partial charge in [0.25, 0.3) is 0 Å². The van der Waals surface area contributed by atoms with Crippen molar-refractivity contribution in [1.82, 2.24) is 0 Å². The molecular weight excluding hydrogens is 244 g/mol. The van der Waals surface area contributed by atoms with Gasteiger partial charge in [0, 0.05) is 0 Å².